The molecule has 0 amide bonds. The Morgan fingerprint density at radius 2 is 0.627 bits per heavy atom. The molecule has 0 aliphatic rings. The summed E-state index contributed by atoms with van der Waals surface area (Å²) in [7, 11) is -2.64. The van der Waals surface area contributed by atoms with E-state index in [9.17, 15) is 0 Å². The van der Waals surface area contributed by atoms with Crippen LogP contribution in [0.5, 0.6) is 0 Å². The molecule has 0 saturated carbocycles. The van der Waals surface area contributed by atoms with Crippen LogP contribution in [-0.4, -0.2) is 17.2 Å². The van der Waals surface area contributed by atoms with Crippen molar-refractivity contribution in [3.05, 3.63) is 267 Å². The maximum atomic E-state index is 2.44. The van der Waals surface area contributed by atoms with E-state index in [4.69, 9.17) is 0 Å². The van der Waals surface area contributed by atoms with Gasteiger partial charge in [-0.1, -0.05) is 212 Å². The van der Waals surface area contributed by atoms with Gasteiger partial charge < -0.3 is 9.13 Å². The molecule has 67 heavy (non-hydrogen) atoms. The fourth-order valence-electron chi connectivity index (χ4n) is 11.0. The summed E-state index contributed by atoms with van der Waals surface area (Å²) in [6, 6.07) is 98.8. The minimum absolute atomic E-state index is 1.15. The molecule has 0 fully saturated rings. The van der Waals surface area contributed by atoms with Crippen LogP contribution >= 0.6 is 0 Å². The monoisotopic (exact) mass is 868 g/mol. The maximum Gasteiger partial charge on any atom is 0.179 e. The quantitative estimate of drug-likeness (QED) is 0.106. The minimum atomic E-state index is -2.64. The highest BCUT2D eigenvalue weighted by molar-refractivity contribution is 7.19. The molecule has 0 aliphatic carbocycles. The average molecular weight is 869 g/mol. The zero-order valence-corrected chi connectivity index (χ0v) is 37.8. The van der Waals surface area contributed by atoms with Crippen molar-refractivity contribution in [2.75, 3.05) is 0 Å². The fourth-order valence-corrected chi connectivity index (χ4v) is 15.8. The first kappa shape index (κ1) is 38.9. The SMILES string of the molecule is c1ccc([Si](c2ccccc2)(c2ccccc2)c2ccc(-n3c4ccccc4c4cc(-c5ccc(-c6ccc7c(c6)c6ccccc6n7-c6cccc7ccccc67)cc5)ccc43)cc2)cc1. The van der Waals surface area contributed by atoms with E-state index in [0.29, 0.717) is 0 Å². The van der Waals surface area contributed by atoms with Crippen LogP contribution in [0.1, 0.15) is 0 Å². The molecule has 13 aromatic rings. The number of para-hydroxylation sites is 2. The van der Waals surface area contributed by atoms with Crippen LogP contribution in [0.2, 0.25) is 0 Å². The largest absolute Gasteiger partial charge is 0.309 e. The summed E-state index contributed by atoms with van der Waals surface area (Å²) in [5.74, 6) is 0. The second kappa shape index (κ2) is 15.9. The Balaban J connectivity index is 0.873. The van der Waals surface area contributed by atoms with Crippen molar-refractivity contribution in [2.24, 2.45) is 0 Å². The van der Waals surface area contributed by atoms with Gasteiger partial charge in [0.25, 0.3) is 0 Å². The number of hydrogen-bond donors (Lipinski definition) is 0. The first-order chi connectivity index (χ1) is 33.2. The summed E-state index contributed by atoms with van der Waals surface area (Å²) in [6.45, 7) is 0. The summed E-state index contributed by atoms with van der Waals surface area (Å²) >= 11 is 0. The molecule has 2 heterocycles. The van der Waals surface area contributed by atoms with E-state index in [1.165, 1.54) is 103 Å². The first-order valence-corrected chi connectivity index (χ1v) is 25.2. The predicted molar refractivity (Wildman–Crippen MR) is 287 cm³/mol. The molecule has 11 aromatic carbocycles. The van der Waals surface area contributed by atoms with Crippen molar-refractivity contribution in [2.45, 2.75) is 0 Å². The molecule has 0 N–H and O–H groups in total. The van der Waals surface area contributed by atoms with Crippen LogP contribution in [0, 0.1) is 0 Å². The number of aromatic nitrogens is 2. The molecule has 13 rings (SSSR count). The molecule has 2 nitrogen and oxygen atoms in total. The normalized spacial score (nSPS) is 11.9. The van der Waals surface area contributed by atoms with E-state index in [2.05, 4.69) is 276 Å². The molecule has 3 heteroatoms. The van der Waals surface area contributed by atoms with Crippen LogP contribution in [0.15, 0.2) is 267 Å². The van der Waals surface area contributed by atoms with Crippen molar-refractivity contribution in [1.82, 2.24) is 9.13 Å². The lowest BCUT2D eigenvalue weighted by Gasteiger charge is -2.34. The van der Waals surface area contributed by atoms with E-state index in [1.807, 2.05) is 0 Å². The highest BCUT2D eigenvalue weighted by atomic mass is 28.3. The number of fused-ring (bicyclic) bond motifs is 7. The highest BCUT2D eigenvalue weighted by Crippen LogP contribution is 2.39. The Morgan fingerprint density at radius 3 is 1.16 bits per heavy atom. The van der Waals surface area contributed by atoms with E-state index >= 15 is 0 Å². The van der Waals surface area contributed by atoms with Gasteiger partial charge in [0.15, 0.2) is 8.07 Å². The third-order valence-electron chi connectivity index (χ3n) is 14.1. The molecule has 0 atom stereocenters. The molecule has 314 valence electrons. The predicted octanol–water partition coefficient (Wildman–Crippen LogP) is 13.7. The standard InChI is InChI=1S/C64H44N2Si/c1-4-19-51(20-5-1)67(52-21-6-2-7-22-52,53-23-8-3-9-24-53)54-39-37-50(38-40-54)65-61-28-14-12-26-56(61)58-43-48(35-41-63(58)65)45-31-33-46(34-32-45)49-36-42-64-59(44-49)57-27-13-15-29-62(57)66(64)60-30-16-18-47-17-10-11-25-55(47)60/h1-44H. The minimum Gasteiger partial charge on any atom is -0.309 e. The molecule has 0 unspecified atom stereocenters. The first-order valence-electron chi connectivity index (χ1n) is 23.2. The lowest BCUT2D eigenvalue weighted by molar-refractivity contribution is 1.18. The van der Waals surface area contributed by atoms with Crippen LogP contribution in [0.3, 0.4) is 0 Å². The van der Waals surface area contributed by atoms with E-state index in [1.54, 1.807) is 0 Å². The zero-order valence-electron chi connectivity index (χ0n) is 36.8. The van der Waals surface area contributed by atoms with Crippen LogP contribution in [-0.2, 0) is 0 Å². The Labute approximate surface area is 390 Å². The molecule has 0 aliphatic heterocycles. The number of nitrogens with zero attached hydrogens (tertiary/aromatic N) is 2. The van der Waals surface area contributed by atoms with E-state index in [-0.39, 0.29) is 0 Å². The van der Waals surface area contributed by atoms with Gasteiger partial charge in [0.1, 0.15) is 0 Å². The molecular weight excluding hydrogens is 825 g/mol. The zero-order chi connectivity index (χ0) is 44.3. The van der Waals surface area contributed by atoms with Gasteiger partial charge in [0.2, 0.25) is 0 Å². The topological polar surface area (TPSA) is 9.86 Å². The van der Waals surface area contributed by atoms with Crippen LogP contribution in [0.4, 0.5) is 0 Å². The highest BCUT2D eigenvalue weighted by Gasteiger charge is 2.41. The number of hydrogen-bond acceptors (Lipinski definition) is 0. The second-order valence-electron chi connectivity index (χ2n) is 17.6. The molecule has 2 aromatic heterocycles. The average Bonchev–Trinajstić information content (AvgIpc) is 3.92. The molecule has 0 spiro atoms. The van der Waals surface area contributed by atoms with E-state index in [0.717, 1.165) is 5.69 Å². The van der Waals surface area contributed by atoms with Crippen LogP contribution in [0.25, 0.3) is 88.0 Å². The third kappa shape index (κ3) is 6.24. The third-order valence-corrected chi connectivity index (χ3v) is 18.9. The van der Waals surface area contributed by atoms with Crippen LogP contribution < -0.4 is 20.7 Å². The Kier molecular flexibility index (Phi) is 9.22. The lowest BCUT2D eigenvalue weighted by Crippen LogP contribution is -2.74. The molecule has 0 bridgehead atoms. The molecule has 0 saturated heterocycles. The van der Waals surface area contributed by atoms with Gasteiger partial charge in [-0.3, -0.25) is 0 Å². The fraction of sp³-hybridized carbons (Fsp3) is 0. The summed E-state index contributed by atoms with van der Waals surface area (Å²) in [6.07, 6.45) is 0. The smallest absolute Gasteiger partial charge is 0.179 e. The van der Waals surface area contributed by atoms with Gasteiger partial charge in [-0.15, -0.1) is 0 Å². The summed E-state index contributed by atoms with van der Waals surface area (Å²) in [4.78, 5) is 0. The number of benzene rings is 11. The Bertz CT molecular complexity index is 3840. The van der Waals surface area contributed by atoms with Gasteiger partial charge in [-0.2, -0.15) is 0 Å². The van der Waals surface area contributed by atoms with Crippen molar-refractivity contribution < 1.29 is 0 Å². The van der Waals surface area contributed by atoms with Gasteiger partial charge in [-0.05, 0) is 103 Å². The van der Waals surface area contributed by atoms with E-state index < -0.39 is 8.07 Å². The maximum absolute atomic E-state index is 2.64. The number of rotatable bonds is 8. The van der Waals surface area contributed by atoms with Gasteiger partial charge in [-0.25, -0.2) is 0 Å². The van der Waals surface area contributed by atoms with Crippen molar-refractivity contribution in [3.63, 3.8) is 0 Å². The summed E-state index contributed by atoms with van der Waals surface area (Å²) in [5, 5.41) is 13.0. The Morgan fingerprint density at radius 1 is 0.239 bits per heavy atom. The van der Waals surface area contributed by atoms with Crippen molar-refractivity contribution in [3.8, 4) is 33.6 Å². The van der Waals surface area contributed by atoms with Crippen molar-refractivity contribution >= 4 is 83.2 Å². The molecule has 0 radical (unpaired) electrons. The van der Waals surface area contributed by atoms with Gasteiger partial charge in [0, 0.05) is 32.6 Å². The van der Waals surface area contributed by atoms with Gasteiger partial charge in [0.05, 0.1) is 27.8 Å². The Hall–Kier alpha value is -8.50. The van der Waals surface area contributed by atoms with Gasteiger partial charge >= 0.3 is 0 Å². The molecular formula is C64H44N2Si. The van der Waals surface area contributed by atoms with Crippen molar-refractivity contribution in [1.29, 1.82) is 0 Å². The second-order valence-corrected chi connectivity index (χ2v) is 21.4. The summed E-state index contributed by atoms with van der Waals surface area (Å²) in [5.41, 5.74) is 12.0. The lowest BCUT2D eigenvalue weighted by atomic mass is 9.98. The summed E-state index contributed by atoms with van der Waals surface area (Å²) < 4.78 is 4.86.